The maximum absolute atomic E-state index is 13.4. The third-order valence-electron chi connectivity index (χ3n) is 7.84. The van der Waals surface area contributed by atoms with Crippen molar-refractivity contribution in [1.29, 1.82) is 5.41 Å². The summed E-state index contributed by atoms with van der Waals surface area (Å²) in [6.07, 6.45) is 0.132. The Balaban J connectivity index is 1.15. The smallest absolute Gasteiger partial charge is 0.251 e. The Bertz CT molecular complexity index is 1760. The van der Waals surface area contributed by atoms with Crippen LogP contribution in [-0.2, 0) is 28.9 Å². The largest absolute Gasteiger partial charge is 0.384 e. The lowest BCUT2D eigenvalue weighted by Crippen LogP contribution is -2.49. The van der Waals surface area contributed by atoms with Crippen LogP contribution in [0.2, 0.25) is 0 Å². The van der Waals surface area contributed by atoms with Crippen LogP contribution in [0.5, 0.6) is 0 Å². The van der Waals surface area contributed by atoms with E-state index in [4.69, 9.17) is 20.6 Å². The van der Waals surface area contributed by atoms with Crippen LogP contribution in [0.3, 0.4) is 0 Å². The van der Waals surface area contributed by atoms with Gasteiger partial charge in [-0.3, -0.25) is 19.8 Å². The highest BCUT2D eigenvalue weighted by Gasteiger charge is 2.52. The van der Waals surface area contributed by atoms with Gasteiger partial charge in [-0.05, 0) is 37.3 Å². The summed E-state index contributed by atoms with van der Waals surface area (Å²) in [7, 11) is -3.67. The summed E-state index contributed by atoms with van der Waals surface area (Å²) in [5, 5.41) is 14.9. The number of rotatable bonds is 7. The van der Waals surface area contributed by atoms with Gasteiger partial charge in [-0.1, -0.05) is 18.2 Å². The molecule has 6 rings (SSSR count). The number of sulfone groups is 1. The molecule has 0 bridgehead atoms. The van der Waals surface area contributed by atoms with E-state index in [0.717, 1.165) is 4.88 Å². The number of carbonyl (C=O) groups is 3. The summed E-state index contributed by atoms with van der Waals surface area (Å²) in [4.78, 5) is 42.4. The van der Waals surface area contributed by atoms with Gasteiger partial charge in [0.2, 0.25) is 21.7 Å². The van der Waals surface area contributed by atoms with Gasteiger partial charge in [0, 0.05) is 38.9 Å². The number of nitrogens with two attached hydrogens (primary N) is 1. The highest BCUT2D eigenvalue weighted by atomic mass is 32.2. The van der Waals surface area contributed by atoms with E-state index in [0.29, 0.717) is 29.9 Å². The molecule has 224 valence electrons. The minimum atomic E-state index is -3.67. The van der Waals surface area contributed by atoms with Gasteiger partial charge in [0.15, 0.2) is 5.79 Å². The maximum atomic E-state index is 13.4. The summed E-state index contributed by atoms with van der Waals surface area (Å²) < 4.78 is 37.3. The zero-order valence-corrected chi connectivity index (χ0v) is 24.7. The molecule has 2 saturated heterocycles. The van der Waals surface area contributed by atoms with E-state index in [2.05, 4.69) is 10.6 Å². The Hall–Kier alpha value is -4.11. The van der Waals surface area contributed by atoms with E-state index < -0.39 is 52.0 Å². The van der Waals surface area contributed by atoms with Crippen LogP contribution in [0.4, 0.5) is 0 Å². The fourth-order valence-electron chi connectivity index (χ4n) is 5.66. The van der Waals surface area contributed by atoms with E-state index in [-0.39, 0.29) is 34.2 Å². The Labute approximate surface area is 251 Å². The number of thiophene rings is 1. The van der Waals surface area contributed by atoms with Gasteiger partial charge in [0.1, 0.15) is 11.9 Å². The third-order valence-corrected chi connectivity index (χ3v) is 10.8. The number of nitrogens with one attached hydrogen (secondary N) is 3. The molecule has 3 aliphatic rings. The molecule has 0 aliphatic carbocycles. The van der Waals surface area contributed by atoms with Crippen LogP contribution >= 0.6 is 11.3 Å². The van der Waals surface area contributed by atoms with Gasteiger partial charge in [-0.15, -0.1) is 11.3 Å². The van der Waals surface area contributed by atoms with Crippen molar-refractivity contribution in [2.45, 2.75) is 41.0 Å². The second-order valence-corrected chi connectivity index (χ2v) is 13.5. The van der Waals surface area contributed by atoms with E-state index >= 15 is 0 Å². The molecule has 3 aromatic rings. The van der Waals surface area contributed by atoms with Crippen molar-refractivity contribution in [3.63, 3.8) is 0 Å². The molecule has 3 amide bonds. The van der Waals surface area contributed by atoms with Crippen LogP contribution in [0.25, 0.3) is 11.1 Å². The normalized spacial score (nSPS) is 19.9. The van der Waals surface area contributed by atoms with Gasteiger partial charge < -0.3 is 30.7 Å². The Morgan fingerprint density at radius 3 is 2.53 bits per heavy atom. The number of benzene rings is 2. The molecular weight excluding hydrogens is 594 g/mol. The zero-order valence-electron chi connectivity index (χ0n) is 23.1. The molecular formula is C29H29N5O7S2. The van der Waals surface area contributed by atoms with Crippen molar-refractivity contribution >= 4 is 44.7 Å². The van der Waals surface area contributed by atoms with E-state index in [1.165, 1.54) is 40.5 Å². The molecule has 4 heterocycles. The van der Waals surface area contributed by atoms with Crippen LogP contribution in [0.15, 0.2) is 63.7 Å². The molecule has 3 aliphatic heterocycles. The van der Waals surface area contributed by atoms with Crippen molar-refractivity contribution in [1.82, 2.24) is 15.5 Å². The number of hydrogen-bond donors (Lipinski definition) is 4. The maximum Gasteiger partial charge on any atom is 0.251 e. The molecule has 0 unspecified atom stereocenters. The van der Waals surface area contributed by atoms with Crippen LogP contribution in [-0.4, -0.2) is 75.0 Å². The molecule has 14 heteroatoms. The predicted molar refractivity (Wildman–Crippen MR) is 156 cm³/mol. The van der Waals surface area contributed by atoms with Crippen molar-refractivity contribution in [2.75, 3.05) is 26.3 Å². The Kier molecular flexibility index (Phi) is 7.32. The lowest BCUT2D eigenvalue weighted by atomic mass is 10.0. The van der Waals surface area contributed by atoms with Crippen molar-refractivity contribution in [3.05, 3.63) is 69.9 Å². The molecule has 43 heavy (non-hydrogen) atoms. The number of ether oxygens (including phenoxy) is 2. The number of nitrogen functional groups attached to an aromatic ring is 1. The molecule has 1 aromatic heterocycles. The minimum Gasteiger partial charge on any atom is -0.384 e. The average Bonchev–Trinajstić information content (AvgIpc) is 3.78. The summed E-state index contributed by atoms with van der Waals surface area (Å²) in [6.45, 7) is 2.10. The summed E-state index contributed by atoms with van der Waals surface area (Å²) in [6, 6.07) is 11.3. The second kappa shape index (κ2) is 10.9. The molecule has 1 spiro atoms. The zero-order chi connectivity index (χ0) is 30.5. The lowest BCUT2D eigenvalue weighted by molar-refractivity contribution is -0.152. The summed E-state index contributed by atoms with van der Waals surface area (Å²) >= 11 is 1.36. The molecule has 12 nitrogen and oxygen atoms in total. The van der Waals surface area contributed by atoms with Crippen molar-refractivity contribution < 1.29 is 32.3 Å². The van der Waals surface area contributed by atoms with Crippen LogP contribution < -0.4 is 16.4 Å². The standard InChI is InChI=1S/C29H29N5O7S2/c1-16(22-11-18(14-42-22)26(30)31)33-28(37)21-12-29(40-8-9-41-29)15-34(21)25(35)13-32-27(36)17-6-7-24-20(10-17)19-4-2-3-5-23(19)43(24,38)39/h2-7,10-11,14,16,21H,8-9,12-13,15H2,1H3,(H3,30,31)(H,32,36)(H,33,37)/t16-,21+/m1/s1. The molecule has 0 radical (unpaired) electrons. The second-order valence-electron chi connectivity index (χ2n) is 10.6. The number of fused-ring (bicyclic) bond motifs is 3. The van der Waals surface area contributed by atoms with Crippen LogP contribution in [0, 0.1) is 5.41 Å². The number of amidine groups is 1. The number of carbonyl (C=O) groups excluding carboxylic acids is 3. The molecule has 0 saturated carbocycles. The van der Waals surface area contributed by atoms with Gasteiger partial charge in [0.25, 0.3) is 5.91 Å². The first kappa shape index (κ1) is 29.0. The van der Waals surface area contributed by atoms with Crippen LogP contribution in [0.1, 0.15) is 40.2 Å². The number of nitrogens with zero attached hydrogens (tertiary/aromatic N) is 1. The lowest BCUT2D eigenvalue weighted by Gasteiger charge is -2.25. The number of hydrogen-bond acceptors (Lipinski definition) is 9. The molecule has 5 N–H and O–H groups in total. The topological polar surface area (TPSA) is 181 Å². The van der Waals surface area contributed by atoms with Crippen molar-refractivity contribution in [2.24, 2.45) is 5.73 Å². The number of amides is 3. The fraction of sp³-hybridized carbons (Fsp3) is 0.310. The fourth-order valence-corrected chi connectivity index (χ4v) is 8.24. The van der Waals surface area contributed by atoms with E-state index in [1.54, 1.807) is 36.6 Å². The number of likely N-dealkylation sites (tertiary alicyclic amines) is 1. The van der Waals surface area contributed by atoms with E-state index in [9.17, 15) is 22.8 Å². The Morgan fingerprint density at radius 2 is 1.81 bits per heavy atom. The Morgan fingerprint density at radius 1 is 1.09 bits per heavy atom. The molecule has 2 aromatic carbocycles. The first-order valence-electron chi connectivity index (χ1n) is 13.6. The van der Waals surface area contributed by atoms with Gasteiger partial charge in [-0.25, -0.2) is 8.42 Å². The minimum absolute atomic E-state index is 0.0230. The first-order valence-corrected chi connectivity index (χ1v) is 15.9. The van der Waals surface area contributed by atoms with E-state index in [1.807, 2.05) is 0 Å². The summed E-state index contributed by atoms with van der Waals surface area (Å²) in [5.41, 5.74) is 7.27. The average molecular weight is 624 g/mol. The summed E-state index contributed by atoms with van der Waals surface area (Å²) in [5.74, 6) is -2.63. The quantitative estimate of drug-likeness (QED) is 0.178. The van der Waals surface area contributed by atoms with Crippen molar-refractivity contribution in [3.8, 4) is 11.1 Å². The molecule has 2 atom stereocenters. The van der Waals surface area contributed by atoms with Gasteiger partial charge in [-0.2, -0.15) is 0 Å². The van der Waals surface area contributed by atoms with Gasteiger partial charge in [0.05, 0.1) is 42.1 Å². The van der Waals surface area contributed by atoms with Gasteiger partial charge >= 0.3 is 0 Å². The predicted octanol–water partition coefficient (Wildman–Crippen LogP) is 1.80. The monoisotopic (exact) mass is 623 g/mol. The third kappa shape index (κ3) is 5.20. The highest BCUT2D eigenvalue weighted by Crippen LogP contribution is 2.43. The first-order chi connectivity index (χ1) is 20.5. The SMILES string of the molecule is C[C@@H](NC(=O)[C@@H]1CC2(CN1C(=O)CNC(=O)c1ccc3c(c1)-c1ccccc1S3(=O)=O)OCCO2)c1cc(C(=N)N)cs1. The molecule has 2 fully saturated rings. The highest BCUT2D eigenvalue weighted by molar-refractivity contribution is 7.92.